The second kappa shape index (κ2) is 4.93. The molecule has 0 aliphatic rings. The summed E-state index contributed by atoms with van der Waals surface area (Å²) >= 11 is 1.38. The Balaban J connectivity index is 2.44. The summed E-state index contributed by atoms with van der Waals surface area (Å²) in [6.07, 6.45) is 0.266. The van der Waals surface area contributed by atoms with Gasteiger partial charge in [-0.15, -0.1) is 11.3 Å². The third-order valence-electron chi connectivity index (χ3n) is 2.22. The van der Waals surface area contributed by atoms with Gasteiger partial charge in [-0.25, -0.2) is 9.37 Å². The van der Waals surface area contributed by atoms with Crippen LogP contribution in [0.1, 0.15) is 5.01 Å². The van der Waals surface area contributed by atoms with Gasteiger partial charge < -0.3 is 4.74 Å². The standard InChI is InChI=1S/C12H9FN2OS/c1-16-11-3-2-8(13)6-9(11)10-7-17-12(15-10)4-5-14/h2-3,6-7H,4H2,1H3. The van der Waals surface area contributed by atoms with Crippen molar-refractivity contribution in [2.45, 2.75) is 6.42 Å². The second-order valence-electron chi connectivity index (χ2n) is 3.31. The Morgan fingerprint density at radius 1 is 1.53 bits per heavy atom. The maximum atomic E-state index is 13.2. The van der Waals surface area contributed by atoms with Crippen LogP contribution in [0.2, 0.25) is 0 Å². The summed E-state index contributed by atoms with van der Waals surface area (Å²) in [5, 5.41) is 11.1. The molecule has 0 bridgehead atoms. The van der Waals surface area contributed by atoms with Crippen LogP contribution in [-0.4, -0.2) is 12.1 Å². The lowest BCUT2D eigenvalue weighted by molar-refractivity contribution is 0.415. The van der Waals surface area contributed by atoms with Gasteiger partial charge in [0.2, 0.25) is 0 Å². The number of ether oxygens (including phenoxy) is 1. The number of halogens is 1. The van der Waals surface area contributed by atoms with E-state index >= 15 is 0 Å². The zero-order chi connectivity index (χ0) is 12.3. The monoisotopic (exact) mass is 248 g/mol. The minimum atomic E-state index is -0.337. The van der Waals surface area contributed by atoms with Crippen LogP contribution >= 0.6 is 11.3 Å². The molecule has 0 aliphatic heterocycles. The average molecular weight is 248 g/mol. The van der Waals surface area contributed by atoms with E-state index in [1.54, 1.807) is 11.4 Å². The van der Waals surface area contributed by atoms with E-state index in [1.165, 1.54) is 30.6 Å². The lowest BCUT2D eigenvalue weighted by Gasteiger charge is -2.05. The van der Waals surface area contributed by atoms with Crippen molar-refractivity contribution >= 4 is 11.3 Å². The fourth-order valence-corrected chi connectivity index (χ4v) is 2.19. The number of benzene rings is 1. The zero-order valence-corrected chi connectivity index (χ0v) is 9.92. The van der Waals surface area contributed by atoms with Gasteiger partial charge in [0, 0.05) is 10.9 Å². The molecule has 0 saturated carbocycles. The molecule has 86 valence electrons. The smallest absolute Gasteiger partial charge is 0.128 e. The summed E-state index contributed by atoms with van der Waals surface area (Å²) in [5.41, 5.74) is 1.24. The van der Waals surface area contributed by atoms with E-state index < -0.39 is 0 Å². The van der Waals surface area contributed by atoms with Gasteiger partial charge in [0.25, 0.3) is 0 Å². The predicted molar refractivity (Wildman–Crippen MR) is 63.4 cm³/mol. The van der Waals surface area contributed by atoms with E-state index in [9.17, 15) is 4.39 Å². The largest absolute Gasteiger partial charge is 0.496 e. The van der Waals surface area contributed by atoms with Crippen molar-refractivity contribution < 1.29 is 9.13 Å². The Labute approximate surface area is 102 Å². The molecule has 5 heteroatoms. The molecule has 0 spiro atoms. The molecule has 1 aromatic heterocycles. The van der Waals surface area contributed by atoms with Crippen LogP contribution in [0, 0.1) is 17.1 Å². The highest BCUT2D eigenvalue weighted by Crippen LogP contribution is 2.31. The van der Waals surface area contributed by atoms with Crippen molar-refractivity contribution in [2.24, 2.45) is 0 Å². The highest BCUT2D eigenvalue weighted by Gasteiger charge is 2.10. The highest BCUT2D eigenvalue weighted by molar-refractivity contribution is 7.10. The Morgan fingerprint density at radius 3 is 3.06 bits per heavy atom. The Hall–Kier alpha value is -1.93. The molecule has 0 aliphatic carbocycles. The number of nitriles is 1. The van der Waals surface area contributed by atoms with E-state index in [2.05, 4.69) is 4.98 Å². The number of thiazole rings is 1. The van der Waals surface area contributed by atoms with E-state index in [-0.39, 0.29) is 12.2 Å². The first-order chi connectivity index (χ1) is 8.24. The van der Waals surface area contributed by atoms with Crippen LogP contribution in [0.5, 0.6) is 5.75 Å². The normalized spacial score (nSPS) is 9.94. The van der Waals surface area contributed by atoms with Gasteiger partial charge in [-0.3, -0.25) is 0 Å². The summed E-state index contributed by atoms with van der Waals surface area (Å²) in [4.78, 5) is 4.27. The fraction of sp³-hybridized carbons (Fsp3) is 0.167. The lowest BCUT2D eigenvalue weighted by Crippen LogP contribution is -1.90. The second-order valence-corrected chi connectivity index (χ2v) is 4.25. The molecule has 17 heavy (non-hydrogen) atoms. The van der Waals surface area contributed by atoms with Crippen molar-refractivity contribution in [3.63, 3.8) is 0 Å². The van der Waals surface area contributed by atoms with Gasteiger partial charge >= 0.3 is 0 Å². The summed E-state index contributed by atoms with van der Waals surface area (Å²) in [7, 11) is 1.53. The molecule has 0 unspecified atom stereocenters. The summed E-state index contributed by atoms with van der Waals surface area (Å²) < 4.78 is 18.3. The van der Waals surface area contributed by atoms with Crippen LogP contribution in [0.3, 0.4) is 0 Å². The molecule has 0 fully saturated rings. The molecule has 1 aromatic carbocycles. The van der Waals surface area contributed by atoms with Crippen molar-refractivity contribution in [1.82, 2.24) is 4.98 Å². The number of methoxy groups -OCH3 is 1. The predicted octanol–water partition coefficient (Wildman–Crippen LogP) is 3.02. The molecule has 3 nitrogen and oxygen atoms in total. The van der Waals surface area contributed by atoms with Gasteiger partial charge in [0.1, 0.15) is 16.6 Å². The number of aromatic nitrogens is 1. The first-order valence-electron chi connectivity index (χ1n) is 4.90. The summed E-state index contributed by atoms with van der Waals surface area (Å²) in [6.45, 7) is 0. The van der Waals surface area contributed by atoms with E-state index in [0.717, 1.165) is 0 Å². The lowest BCUT2D eigenvalue weighted by atomic mass is 10.1. The topological polar surface area (TPSA) is 45.9 Å². The number of hydrogen-bond acceptors (Lipinski definition) is 4. The maximum Gasteiger partial charge on any atom is 0.128 e. The molecule has 2 aromatic rings. The third-order valence-corrected chi connectivity index (χ3v) is 3.07. The quantitative estimate of drug-likeness (QED) is 0.838. The Kier molecular flexibility index (Phi) is 3.35. The average Bonchev–Trinajstić information content (AvgIpc) is 2.78. The minimum Gasteiger partial charge on any atom is -0.496 e. The number of rotatable bonds is 3. The SMILES string of the molecule is COc1ccc(F)cc1-c1csc(CC#N)n1. The van der Waals surface area contributed by atoms with Gasteiger partial charge in [-0.1, -0.05) is 0 Å². The van der Waals surface area contributed by atoms with Crippen LogP contribution in [0.4, 0.5) is 4.39 Å². The summed E-state index contributed by atoms with van der Waals surface area (Å²) in [5.74, 6) is 0.232. The van der Waals surface area contributed by atoms with E-state index in [0.29, 0.717) is 22.0 Å². The van der Waals surface area contributed by atoms with Crippen LogP contribution < -0.4 is 4.74 Å². The molecule has 1 heterocycles. The van der Waals surface area contributed by atoms with E-state index in [4.69, 9.17) is 10.00 Å². The summed E-state index contributed by atoms with van der Waals surface area (Å²) in [6, 6.07) is 6.31. The molecule has 0 amide bonds. The molecular formula is C12H9FN2OS. The van der Waals surface area contributed by atoms with E-state index in [1.807, 2.05) is 6.07 Å². The minimum absolute atomic E-state index is 0.266. The molecule has 0 atom stereocenters. The number of nitrogens with zero attached hydrogens (tertiary/aromatic N) is 2. The fourth-order valence-electron chi connectivity index (χ4n) is 1.46. The Bertz CT molecular complexity index is 574. The Morgan fingerprint density at radius 2 is 2.35 bits per heavy atom. The molecular weight excluding hydrogens is 239 g/mol. The van der Waals surface area contributed by atoms with Crippen LogP contribution in [0.15, 0.2) is 23.6 Å². The highest BCUT2D eigenvalue weighted by atomic mass is 32.1. The number of hydrogen-bond donors (Lipinski definition) is 0. The maximum absolute atomic E-state index is 13.2. The van der Waals surface area contributed by atoms with Crippen LogP contribution in [-0.2, 0) is 6.42 Å². The van der Waals surface area contributed by atoms with Crippen molar-refractivity contribution in [3.05, 3.63) is 34.4 Å². The van der Waals surface area contributed by atoms with Crippen molar-refractivity contribution in [2.75, 3.05) is 7.11 Å². The third kappa shape index (κ3) is 2.43. The van der Waals surface area contributed by atoms with Gasteiger partial charge in [-0.05, 0) is 18.2 Å². The molecule has 2 rings (SSSR count). The van der Waals surface area contributed by atoms with Gasteiger partial charge in [-0.2, -0.15) is 5.26 Å². The zero-order valence-electron chi connectivity index (χ0n) is 9.11. The molecule has 0 N–H and O–H groups in total. The van der Waals surface area contributed by atoms with Crippen molar-refractivity contribution in [3.8, 4) is 23.1 Å². The van der Waals surface area contributed by atoms with Crippen LogP contribution in [0.25, 0.3) is 11.3 Å². The molecule has 0 saturated heterocycles. The first-order valence-corrected chi connectivity index (χ1v) is 5.78. The molecule has 0 radical (unpaired) electrons. The van der Waals surface area contributed by atoms with Gasteiger partial charge in [0.05, 0.1) is 25.3 Å². The first kappa shape index (κ1) is 11.6. The van der Waals surface area contributed by atoms with Gasteiger partial charge in [0.15, 0.2) is 0 Å². The van der Waals surface area contributed by atoms with Crippen molar-refractivity contribution in [1.29, 1.82) is 5.26 Å².